The zero-order valence-electron chi connectivity index (χ0n) is 17.4. The fourth-order valence-electron chi connectivity index (χ4n) is 4.22. The van der Waals surface area contributed by atoms with Crippen LogP contribution in [0, 0.1) is 25.2 Å². The molecule has 1 aromatic carbocycles. The summed E-state index contributed by atoms with van der Waals surface area (Å²) in [6.45, 7) is 12.3. The van der Waals surface area contributed by atoms with E-state index < -0.39 is 5.54 Å². The van der Waals surface area contributed by atoms with Gasteiger partial charge in [-0.3, -0.25) is 9.59 Å². The smallest absolute Gasteiger partial charge is 0.250 e. The highest BCUT2D eigenvalue weighted by atomic mass is 16.2. The Bertz CT molecular complexity index is 660. The Morgan fingerprint density at radius 1 is 1.12 bits per heavy atom. The number of nitrogens with zero attached hydrogens (tertiary/aromatic N) is 1. The standard InChI is InChI=1S/C22H34N2O2/c1-15-9-8-10-16(2)19(15)23-20(26)22(24(7)17(3)25)13-11-18(12-14-22)21(4,5)6/h8-10,18H,11-14H2,1-7H3,(H,23,26). The minimum Gasteiger partial charge on any atom is -0.331 e. The Labute approximate surface area is 158 Å². The Hall–Kier alpha value is -1.84. The molecule has 1 fully saturated rings. The second-order valence-corrected chi connectivity index (χ2v) is 8.97. The van der Waals surface area contributed by atoms with E-state index in [0.717, 1.165) is 29.7 Å². The van der Waals surface area contributed by atoms with Gasteiger partial charge in [0, 0.05) is 19.7 Å². The maximum atomic E-state index is 13.4. The van der Waals surface area contributed by atoms with Gasteiger partial charge in [-0.1, -0.05) is 39.0 Å². The number of amides is 2. The van der Waals surface area contributed by atoms with E-state index >= 15 is 0 Å². The number of benzene rings is 1. The summed E-state index contributed by atoms with van der Waals surface area (Å²) in [4.78, 5) is 27.2. The Morgan fingerprint density at radius 2 is 1.62 bits per heavy atom. The first kappa shape index (κ1) is 20.5. The molecule has 0 saturated heterocycles. The third-order valence-corrected chi connectivity index (χ3v) is 6.29. The van der Waals surface area contributed by atoms with E-state index in [0.29, 0.717) is 18.8 Å². The SMILES string of the molecule is CC(=O)N(C)C1(C(=O)Nc2c(C)cccc2C)CCC(C(C)(C)C)CC1. The van der Waals surface area contributed by atoms with Crippen LogP contribution >= 0.6 is 0 Å². The lowest BCUT2D eigenvalue weighted by molar-refractivity contribution is -0.145. The van der Waals surface area contributed by atoms with Gasteiger partial charge in [0.25, 0.3) is 0 Å². The van der Waals surface area contributed by atoms with E-state index in [2.05, 4.69) is 26.1 Å². The minimum atomic E-state index is -0.762. The molecule has 1 saturated carbocycles. The van der Waals surface area contributed by atoms with Crippen LogP contribution < -0.4 is 5.32 Å². The van der Waals surface area contributed by atoms with Crippen molar-refractivity contribution >= 4 is 17.5 Å². The number of nitrogens with one attached hydrogen (secondary N) is 1. The summed E-state index contributed by atoms with van der Waals surface area (Å²) >= 11 is 0. The second-order valence-electron chi connectivity index (χ2n) is 8.97. The molecular formula is C22H34N2O2. The minimum absolute atomic E-state index is 0.0556. The summed E-state index contributed by atoms with van der Waals surface area (Å²) in [6.07, 6.45) is 3.34. The van der Waals surface area contributed by atoms with Gasteiger partial charge in [-0.05, 0) is 62.0 Å². The lowest BCUT2D eigenvalue weighted by atomic mass is 9.66. The predicted octanol–water partition coefficient (Wildman–Crippen LogP) is 4.70. The van der Waals surface area contributed by atoms with Crippen LogP contribution in [0.1, 0.15) is 64.5 Å². The molecule has 2 amide bonds. The molecule has 0 spiro atoms. The first-order valence-corrected chi connectivity index (χ1v) is 9.61. The van der Waals surface area contributed by atoms with Gasteiger partial charge >= 0.3 is 0 Å². The highest BCUT2D eigenvalue weighted by Gasteiger charge is 2.47. The van der Waals surface area contributed by atoms with Gasteiger partial charge in [0.2, 0.25) is 11.8 Å². The number of aryl methyl sites for hydroxylation is 2. The normalized spacial score (nSPS) is 23.4. The van der Waals surface area contributed by atoms with E-state index in [9.17, 15) is 9.59 Å². The zero-order chi connectivity index (χ0) is 19.7. The second kappa shape index (κ2) is 7.42. The van der Waals surface area contributed by atoms with E-state index in [1.807, 2.05) is 32.0 Å². The monoisotopic (exact) mass is 358 g/mol. The molecule has 4 heteroatoms. The van der Waals surface area contributed by atoms with Crippen LogP contribution in [0.4, 0.5) is 5.69 Å². The highest BCUT2D eigenvalue weighted by molar-refractivity contribution is 6.01. The summed E-state index contributed by atoms with van der Waals surface area (Å²) in [5.41, 5.74) is 2.42. The topological polar surface area (TPSA) is 49.4 Å². The molecule has 1 aliphatic carbocycles. The quantitative estimate of drug-likeness (QED) is 0.852. The van der Waals surface area contributed by atoms with Crippen molar-refractivity contribution in [3.8, 4) is 0 Å². The van der Waals surface area contributed by atoms with E-state index in [1.54, 1.807) is 18.9 Å². The van der Waals surface area contributed by atoms with Gasteiger partial charge in [-0.25, -0.2) is 0 Å². The van der Waals surface area contributed by atoms with Crippen molar-refractivity contribution in [3.63, 3.8) is 0 Å². The molecule has 1 aliphatic rings. The highest BCUT2D eigenvalue weighted by Crippen LogP contribution is 2.44. The average Bonchev–Trinajstić information content (AvgIpc) is 2.56. The molecule has 0 unspecified atom stereocenters. The summed E-state index contributed by atoms with van der Waals surface area (Å²) in [6, 6.07) is 5.99. The predicted molar refractivity (Wildman–Crippen MR) is 107 cm³/mol. The van der Waals surface area contributed by atoms with Crippen LogP contribution in [0.15, 0.2) is 18.2 Å². The van der Waals surface area contributed by atoms with Gasteiger partial charge in [0.05, 0.1) is 0 Å². The van der Waals surface area contributed by atoms with Gasteiger partial charge in [-0.2, -0.15) is 0 Å². The third kappa shape index (κ3) is 3.94. The third-order valence-electron chi connectivity index (χ3n) is 6.29. The van der Waals surface area contributed by atoms with Crippen molar-refractivity contribution in [1.29, 1.82) is 0 Å². The molecule has 0 bridgehead atoms. The molecule has 0 aliphatic heterocycles. The van der Waals surface area contributed by atoms with Crippen molar-refractivity contribution in [2.45, 2.75) is 72.8 Å². The van der Waals surface area contributed by atoms with Gasteiger partial charge in [0.15, 0.2) is 0 Å². The number of carbonyl (C=O) groups excluding carboxylic acids is 2. The van der Waals surface area contributed by atoms with Gasteiger partial charge in [0.1, 0.15) is 5.54 Å². The van der Waals surface area contributed by atoms with Crippen LogP contribution in [-0.2, 0) is 9.59 Å². The maximum Gasteiger partial charge on any atom is 0.250 e. The Morgan fingerprint density at radius 3 is 2.04 bits per heavy atom. The number of anilines is 1. The molecule has 2 rings (SSSR count). The summed E-state index contributed by atoms with van der Waals surface area (Å²) in [5, 5.41) is 3.15. The first-order chi connectivity index (χ1) is 12.0. The molecule has 26 heavy (non-hydrogen) atoms. The number of hydrogen-bond donors (Lipinski definition) is 1. The summed E-state index contributed by atoms with van der Waals surface area (Å²) < 4.78 is 0. The number of carbonyl (C=O) groups is 2. The molecule has 144 valence electrons. The van der Waals surface area contributed by atoms with Gasteiger partial charge in [-0.15, -0.1) is 0 Å². The molecule has 1 aromatic rings. The molecule has 1 N–H and O–H groups in total. The number of hydrogen-bond acceptors (Lipinski definition) is 2. The van der Waals surface area contributed by atoms with E-state index in [1.165, 1.54) is 0 Å². The van der Waals surface area contributed by atoms with Crippen LogP contribution in [0.2, 0.25) is 0 Å². The van der Waals surface area contributed by atoms with E-state index in [4.69, 9.17) is 0 Å². The van der Waals surface area contributed by atoms with Crippen molar-refractivity contribution in [1.82, 2.24) is 4.90 Å². The van der Waals surface area contributed by atoms with Crippen molar-refractivity contribution in [2.75, 3.05) is 12.4 Å². The molecule has 0 atom stereocenters. The van der Waals surface area contributed by atoms with E-state index in [-0.39, 0.29) is 17.2 Å². The lowest BCUT2D eigenvalue weighted by Gasteiger charge is -2.47. The van der Waals surface area contributed by atoms with Crippen LogP contribution in [0.5, 0.6) is 0 Å². The number of para-hydroxylation sites is 1. The maximum absolute atomic E-state index is 13.4. The van der Waals surface area contributed by atoms with Crippen molar-refractivity contribution in [3.05, 3.63) is 29.3 Å². The van der Waals surface area contributed by atoms with Crippen LogP contribution in [0.3, 0.4) is 0 Å². The fraction of sp³-hybridized carbons (Fsp3) is 0.636. The molecule has 0 radical (unpaired) electrons. The van der Waals surface area contributed by atoms with Gasteiger partial charge < -0.3 is 10.2 Å². The van der Waals surface area contributed by atoms with Crippen molar-refractivity contribution < 1.29 is 9.59 Å². The Balaban J connectivity index is 2.31. The molecule has 4 nitrogen and oxygen atoms in total. The fourth-order valence-corrected chi connectivity index (χ4v) is 4.22. The largest absolute Gasteiger partial charge is 0.331 e. The average molecular weight is 359 g/mol. The van der Waals surface area contributed by atoms with Crippen LogP contribution in [-0.4, -0.2) is 29.3 Å². The summed E-state index contributed by atoms with van der Waals surface area (Å²) in [7, 11) is 1.77. The zero-order valence-corrected chi connectivity index (χ0v) is 17.4. The Kier molecular flexibility index (Phi) is 5.84. The lowest BCUT2D eigenvalue weighted by Crippen LogP contribution is -2.59. The number of likely N-dealkylation sites (N-methyl/N-ethyl adjacent to an activating group) is 1. The molecular weight excluding hydrogens is 324 g/mol. The van der Waals surface area contributed by atoms with Crippen LogP contribution in [0.25, 0.3) is 0 Å². The molecule has 0 heterocycles. The number of rotatable bonds is 3. The first-order valence-electron chi connectivity index (χ1n) is 9.61. The molecule has 0 aromatic heterocycles. The summed E-state index contributed by atoms with van der Waals surface area (Å²) in [5.74, 6) is 0.458. The van der Waals surface area contributed by atoms with Crippen molar-refractivity contribution in [2.24, 2.45) is 11.3 Å².